The van der Waals surface area contributed by atoms with Crippen LogP contribution in [0.4, 0.5) is 0 Å². The van der Waals surface area contributed by atoms with Crippen LogP contribution in [0.2, 0.25) is 5.02 Å². The fourth-order valence-electron chi connectivity index (χ4n) is 3.69. The van der Waals surface area contributed by atoms with Crippen molar-refractivity contribution in [1.82, 2.24) is 5.32 Å². The highest BCUT2D eigenvalue weighted by Gasteiger charge is 2.28. The molecule has 2 atom stereocenters. The van der Waals surface area contributed by atoms with Gasteiger partial charge in [0.15, 0.2) is 0 Å². The number of halogens is 1. The molecule has 0 aliphatic rings. The summed E-state index contributed by atoms with van der Waals surface area (Å²) in [5.41, 5.74) is 2.42. The molecule has 0 fully saturated rings. The predicted octanol–water partition coefficient (Wildman–Crippen LogP) is 6.68. The minimum atomic E-state index is -0.0398. The van der Waals surface area contributed by atoms with Gasteiger partial charge in [-0.25, -0.2) is 0 Å². The number of aryl methyl sites for hydroxylation is 1. The second kappa shape index (κ2) is 8.33. The summed E-state index contributed by atoms with van der Waals surface area (Å²) in [5.74, 6) is 2.00. The van der Waals surface area contributed by atoms with Crippen LogP contribution in [0.1, 0.15) is 55.9 Å². The van der Waals surface area contributed by atoms with Gasteiger partial charge in [-0.2, -0.15) is 0 Å². The first-order valence-electron chi connectivity index (χ1n) is 9.48. The van der Waals surface area contributed by atoms with Crippen LogP contribution in [-0.4, -0.2) is 6.04 Å². The van der Waals surface area contributed by atoms with E-state index in [1.54, 1.807) is 0 Å². The van der Waals surface area contributed by atoms with Gasteiger partial charge < -0.3 is 9.73 Å². The molecule has 1 N–H and O–H groups in total. The average Bonchev–Trinajstić information content (AvgIpc) is 3.08. The molecular weight excluding hydrogens is 354 g/mol. The highest BCUT2D eigenvalue weighted by molar-refractivity contribution is 6.30. The lowest BCUT2D eigenvalue weighted by atomic mass is 9.83. The first-order chi connectivity index (χ1) is 12.8. The summed E-state index contributed by atoms with van der Waals surface area (Å²) in [6, 6.07) is 23.2. The molecule has 142 valence electrons. The van der Waals surface area contributed by atoms with Crippen LogP contribution in [0.25, 0.3) is 0 Å². The van der Waals surface area contributed by atoms with Gasteiger partial charge >= 0.3 is 0 Å². The Morgan fingerprint density at radius 3 is 2.15 bits per heavy atom. The van der Waals surface area contributed by atoms with E-state index in [4.69, 9.17) is 16.0 Å². The summed E-state index contributed by atoms with van der Waals surface area (Å²) >= 11 is 6.09. The van der Waals surface area contributed by atoms with E-state index >= 15 is 0 Å². The first kappa shape index (κ1) is 19.7. The van der Waals surface area contributed by atoms with Crippen LogP contribution in [-0.2, 0) is 5.41 Å². The smallest absolute Gasteiger partial charge is 0.109 e. The molecule has 0 amide bonds. The number of furan rings is 1. The average molecular weight is 382 g/mol. The number of rotatable bonds is 7. The maximum Gasteiger partial charge on any atom is 0.109 e. The van der Waals surface area contributed by atoms with Gasteiger partial charge in [-0.1, -0.05) is 67.9 Å². The molecule has 0 aliphatic heterocycles. The number of hydrogen-bond donors (Lipinski definition) is 1. The Kier molecular flexibility index (Phi) is 6.08. The van der Waals surface area contributed by atoms with E-state index in [9.17, 15) is 0 Å². The van der Waals surface area contributed by atoms with Crippen LogP contribution in [0, 0.1) is 6.92 Å². The molecular formula is C24H28ClNO. The topological polar surface area (TPSA) is 25.2 Å². The third kappa shape index (κ3) is 5.03. The van der Waals surface area contributed by atoms with Crippen molar-refractivity contribution >= 4 is 11.6 Å². The van der Waals surface area contributed by atoms with E-state index in [1.807, 2.05) is 31.2 Å². The fraction of sp³-hybridized carbons (Fsp3) is 0.333. The highest BCUT2D eigenvalue weighted by atomic mass is 35.5. The SMILES string of the molecule is Cc1ccc(C(C)(C)C[C@@H](C)N[C@H](c2ccccc2)c2ccc(Cl)cc2)o1. The summed E-state index contributed by atoms with van der Waals surface area (Å²) in [6.07, 6.45) is 0.969. The lowest BCUT2D eigenvalue weighted by Crippen LogP contribution is -2.36. The van der Waals surface area contributed by atoms with Gasteiger partial charge in [0.25, 0.3) is 0 Å². The zero-order valence-electron chi connectivity index (χ0n) is 16.5. The Labute approximate surface area is 167 Å². The van der Waals surface area contributed by atoms with Crippen molar-refractivity contribution in [3.05, 3.63) is 94.4 Å². The van der Waals surface area contributed by atoms with Gasteiger partial charge in [-0.3, -0.25) is 0 Å². The van der Waals surface area contributed by atoms with E-state index in [1.165, 1.54) is 11.1 Å². The Balaban J connectivity index is 1.80. The van der Waals surface area contributed by atoms with Gasteiger partial charge in [-0.15, -0.1) is 0 Å². The largest absolute Gasteiger partial charge is 0.466 e. The molecule has 27 heavy (non-hydrogen) atoms. The van der Waals surface area contributed by atoms with Crippen molar-refractivity contribution in [2.75, 3.05) is 0 Å². The molecule has 2 nitrogen and oxygen atoms in total. The third-order valence-corrected chi connectivity index (χ3v) is 5.26. The van der Waals surface area contributed by atoms with Crippen LogP contribution >= 0.6 is 11.6 Å². The van der Waals surface area contributed by atoms with Crippen molar-refractivity contribution in [3.63, 3.8) is 0 Å². The minimum Gasteiger partial charge on any atom is -0.466 e. The molecule has 3 heteroatoms. The zero-order valence-corrected chi connectivity index (χ0v) is 17.3. The van der Waals surface area contributed by atoms with Gasteiger partial charge in [0.05, 0.1) is 6.04 Å². The first-order valence-corrected chi connectivity index (χ1v) is 9.86. The fourth-order valence-corrected chi connectivity index (χ4v) is 3.82. The standard InChI is InChI=1S/C24H28ClNO/c1-17(16-24(3,4)22-15-10-18(2)27-22)26-23(19-8-6-5-7-9-19)20-11-13-21(25)14-12-20/h5-15,17,23,26H,16H2,1-4H3/t17-,23-/m1/s1. The van der Waals surface area contributed by atoms with Crippen LogP contribution in [0.3, 0.4) is 0 Å². The van der Waals surface area contributed by atoms with Crippen molar-refractivity contribution in [2.45, 2.75) is 51.6 Å². The van der Waals surface area contributed by atoms with Gasteiger partial charge in [0.1, 0.15) is 11.5 Å². The molecule has 0 radical (unpaired) electrons. The Hall–Kier alpha value is -2.03. The van der Waals surface area contributed by atoms with E-state index in [-0.39, 0.29) is 11.5 Å². The molecule has 1 heterocycles. The number of nitrogens with one attached hydrogen (secondary N) is 1. The monoisotopic (exact) mass is 381 g/mol. The Bertz CT molecular complexity index is 852. The summed E-state index contributed by atoms with van der Waals surface area (Å²) in [7, 11) is 0. The van der Waals surface area contributed by atoms with E-state index in [2.05, 4.69) is 68.6 Å². The molecule has 0 saturated carbocycles. The highest BCUT2D eigenvalue weighted by Crippen LogP contribution is 2.31. The summed E-state index contributed by atoms with van der Waals surface area (Å²) < 4.78 is 5.89. The maximum absolute atomic E-state index is 6.09. The van der Waals surface area contributed by atoms with Crippen molar-refractivity contribution in [2.24, 2.45) is 0 Å². The predicted molar refractivity (Wildman–Crippen MR) is 113 cm³/mol. The van der Waals surface area contributed by atoms with Crippen LogP contribution in [0.5, 0.6) is 0 Å². The quantitative estimate of drug-likeness (QED) is 0.494. The number of hydrogen-bond acceptors (Lipinski definition) is 2. The van der Waals surface area contributed by atoms with Crippen molar-refractivity contribution in [3.8, 4) is 0 Å². The van der Waals surface area contributed by atoms with Crippen LogP contribution in [0.15, 0.2) is 71.1 Å². The minimum absolute atomic E-state index is 0.0398. The molecule has 1 aromatic heterocycles. The Morgan fingerprint density at radius 2 is 1.56 bits per heavy atom. The maximum atomic E-state index is 6.09. The Morgan fingerprint density at radius 1 is 0.926 bits per heavy atom. The second-order valence-electron chi connectivity index (χ2n) is 7.96. The lowest BCUT2D eigenvalue weighted by Gasteiger charge is -2.30. The molecule has 2 aromatic carbocycles. The summed E-state index contributed by atoms with van der Waals surface area (Å²) in [5, 5.41) is 4.57. The van der Waals surface area contributed by atoms with Crippen LogP contribution < -0.4 is 5.32 Å². The second-order valence-corrected chi connectivity index (χ2v) is 8.40. The lowest BCUT2D eigenvalue weighted by molar-refractivity contribution is 0.313. The van der Waals surface area contributed by atoms with E-state index in [0.717, 1.165) is 23.0 Å². The number of benzene rings is 2. The van der Waals surface area contributed by atoms with Gasteiger partial charge in [0, 0.05) is 16.5 Å². The molecule has 3 aromatic rings. The molecule has 0 bridgehead atoms. The van der Waals surface area contributed by atoms with Crippen molar-refractivity contribution < 1.29 is 4.42 Å². The van der Waals surface area contributed by atoms with E-state index in [0.29, 0.717) is 6.04 Å². The van der Waals surface area contributed by atoms with E-state index < -0.39 is 0 Å². The zero-order chi connectivity index (χ0) is 19.4. The molecule has 0 spiro atoms. The van der Waals surface area contributed by atoms with Gasteiger partial charge in [0.2, 0.25) is 0 Å². The van der Waals surface area contributed by atoms with Gasteiger partial charge in [-0.05, 0) is 55.7 Å². The summed E-state index contributed by atoms with van der Waals surface area (Å²) in [4.78, 5) is 0. The summed E-state index contributed by atoms with van der Waals surface area (Å²) in [6.45, 7) is 8.71. The molecule has 0 aliphatic carbocycles. The molecule has 0 unspecified atom stereocenters. The third-order valence-electron chi connectivity index (χ3n) is 5.01. The normalized spacial score (nSPS) is 14.1. The molecule has 3 rings (SSSR count). The molecule has 0 saturated heterocycles. The van der Waals surface area contributed by atoms with Crippen molar-refractivity contribution in [1.29, 1.82) is 0 Å².